The molecule has 0 bridgehead atoms. The van der Waals surface area contributed by atoms with Gasteiger partial charge in [-0.3, -0.25) is 4.90 Å². The minimum absolute atomic E-state index is 0.0205. The SMILES string of the molecule is CCOC(=O)/C=C/c1cnc(CN2CCC(c3cccc4c3O[C@@](C)(c3ccc(Cl)cc3F)O4)CC2)n1CC(C)OC. The Balaban J connectivity index is 1.27. The van der Waals surface area contributed by atoms with Crippen molar-refractivity contribution in [3.63, 3.8) is 0 Å². The van der Waals surface area contributed by atoms with E-state index in [1.165, 1.54) is 12.1 Å². The lowest BCUT2D eigenvalue weighted by atomic mass is 9.88. The molecule has 1 unspecified atom stereocenters. The Morgan fingerprint density at radius 1 is 1.26 bits per heavy atom. The van der Waals surface area contributed by atoms with Gasteiger partial charge in [0.2, 0.25) is 0 Å². The monoisotopic (exact) mass is 597 g/mol. The van der Waals surface area contributed by atoms with Gasteiger partial charge >= 0.3 is 5.97 Å². The summed E-state index contributed by atoms with van der Waals surface area (Å²) in [5.41, 5.74) is 2.21. The quantitative estimate of drug-likeness (QED) is 0.200. The molecule has 0 amide bonds. The van der Waals surface area contributed by atoms with Crippen LogP contribution in [0.4, 0.5) is 4.39 Å². The Hall–Kier alpha value is -3.40. The fourth-order valence-electron chi connectivity index (χ4n) is 5.61. The zero-order chi connectivity index (χ0) is 29.9. The summed E-state index contributed by atoms with van der Waals surface area (Å²) < 4.78 is 39.9. The van der Waals surface area contributed by atoms with Crippen LogP contribution in [0.1, 0.15) is 62.2 Å². The Kier molecular flexibility index (Phi) is 9.20. The van der Waals surface area contributed by atoms with Crippen LogP contribution in [0.5, 0.6) is 11.5 Å². The summed E-state index contributed by atoms with van der Waals surface area (Å²) >= 11 is 5.97. The van der Waals surface area contributed by atoms with Crippen LogP contribution in [-0.4, -0.2) is 53.3 Å². The molecular formula is C32H37ClFN3O5. The molecule has 3 heterocycles. The fraction of sp³-hybridized carbons (Fsp3) is 0.438. The van der Waals surface area contributed by atoms with E-state index in [1.54, 1.807) is 45.4 Å². The van der Waals surface area contributed by atoms with Gasteiger partial charge in [-0.1, -0.05) is 23.7 Å². The summed E-state index contributed by atoms with van der Waals surface area (Å²) in [6.45, 7) is 8.89. The number of aromatic nitrogens is 2. The van der Waals surface area contributed by atoms with E-state index in [0.717, 1.165) is 43.0 Å². The summed E-state index contributed by atoms with van der Waals surface area (Å²) in [5.74, 6) is 0.357. The Morgan fingerprint density at radius 2 is 2.05 bits per heavy atom. The number of piperidine rings is 1. The van der Waals surface area contributed by atoms with Gasteiger partial charge in [-0.2, -0.15) is 0 Å². The Labute approximate surface area is 251 Å². The van der Waals surface area contributed by atoms with Crippen LogP contribution in [0.2, 0.25) is 5.02 Å². The zero-order valence-corrected chi connectivity index (χ0v) is 25.2. The third-order valence-corrected chi connectivity index (χ3v) is 8.15. The molecule has 10 heteroatoms. The van der Waals surface area contributed by atoms with E-state index in [1.807, 2.05) is 19.1 Å². The number of likely N-dealkylation sites (tertiary alicyclic amines) is 1. The van der Waals surface area contributed by atoms with Crippen LogP contribution >= 0.6 is 11.6 Å². The van der Waals surface area contributed by atoms with Gasteiger partial charge in [-0.25, -0.2) is 14.2 Å². The van der Waals surface area contributed by atoms with E-state index < -0.39 is 11.6 Å². The average molecular weight is 598 g/mol. The molecule has 8 nitrogen and oxygen atoms in total. The molecule has 5 rings (SSSR count). The predicted octanol–water partition coefficient (Wildman–Crippen LogP) is 6.31. The minimum Gasteiger partial charge on any atom is -0.463 e. The number of carbonyl (C=O) groups excluding carboxylic acids is 1. The number of benzene rings is 2. The zero-order valence-electron chi connectivity index (χ0n) is 24.4. The first-order valence-electron chi connectivity index (χ1n) is 14.3. The molecule has 0 N–H and O–H groups in total. The Morgan fingerprint density at radius 3 is 2.76 bits per heavy atom. The second-order valence-electron chi connectivity index (χ2n) is 10.8. The second kappa shape index (κ2) is 12.9. The maximum absolute atomic E-state index is 14.8. The van der Waals surface area contributed by atoms with Crippen LogP contribution in [0, 0.1) is 5.82 Å². The van der Waals surface area contributed by atoms with Crippen molar-refractivity contribution in [2.24, 2.45) is 0 Å². The molecule has 2 aliphatic rings. The molecule has 2 atom stereocenters. The third-order valence-electron chi connectivity index (χ3n) is 7.91. The summed E-state index contributed by atoms with van der Waals surface area (Å²) in [6.07, 6.45) is 6.79. The predicted molar refractivity (Wildman–Crippen MR) is 158 cm³/mol. The molecule has 0 saturated carbocycles. The highest BCUT2D eigenvalue weighted by atomic mass is 35.5. The number of carbonyl (C=O) groups is 1. The smallest absolute Gasteiger partial charge is 0.330 e. The van der Waals surface area contributed by atoms with Crippen molar-refractivity contribution in [1.29, 1.82) is 0 Å². The highest BCUT2D eigenvalue weighted by Gasteiger charge is 2.43. The summed E-state index contributed by atoms with van der Waals surface area (Å²) in [4.78, 5) is 19.0. The van der Waals surface area contributed by atoms with Gasteiger partial charge in [0, 0.05) is 30.7 Å². The molecule has 2 aromatic carbocycles. The maximum atomic E-state index is 14.8. The van der Waals surface area contributed by atoms with Crippen molar-refractivity contribution < 1.29 is 28.1 Å². The highest BCUT2D eigenvalue weighted by Crippen LogP contribution is 2.49. The topological polar surface area (TPSA) is 75.0 Å². The molecule has 42 heavy (non-hydrogen) atoms. The van der Waals surface area contributed by atoms with E-state index in [0.29, 0.717) is 41.8 Å². The van der Waals surface area contributed by atoms with Gasteiger partial charge < -0.3 is 23.5 Å². The van der Waals surface area contributed by atoms with Crippen molar-refractivity contribution in [2.75, 3.05) is 26.8 Å². The van der Waals surface area contributed by atoms with Gasteiger partial charge in [0.05, 0.1) is 43.3 Å². The van der Waals surface area contributed by atoms with Crippen LogP contribution < -0.4 is 9.47 Å². The first-order chi connectivity index (χ1) is 20.2. The lowest BCUT2D eigenvalue weighted by molar-refractivity contribution is -0.137. The van der Waals surface area contributed by atoms with Crippen molar-refractivity contribution in [1.82, 2.24) is 14.5 Å². The maximum Gasteiger partial charge on any atom is 0.330 e. The molecule has 0 aliphatic carbocycles. The van der Waals surface area contributed by atoms with Gasteiger partial charge in [-0.05, 0) is 76.0 Å². The normalized spacial score (nSPS) is 19.9. The number of hydrogen-bond acceptors (Lipinski definition) is 7. The van der Waals surface area contributed by atoms with Crippen molar-refractivity contribution in [3.05, 3.63) is 82.2 Å². The number of halogens is 2. The summed E-state index contributed by atoms with van der Waals surface area (Å²) in [5, 5.41) is 0.322. The van der Waals surface area contributed by atoms with E-state index in [4.69, 9.17) is 35.5 Å². The van der Waals surface area contributed by atoms with Gasteiger partial charge in [0.1, 0.15) is 11.6 Å². The van der Waals surface area contributed by atoms with E-state index in [2.05, 4.69) is 15.5 Å². The number of ether oxygens (including phenoxy) is 4. The van der Waals surface area contributed by atoms with E-state index in [-0.39, 0.29) is 18.0 Å². The van der Waals surface area contributed by atoms with Gasteiger partial charge in [-0.15, -0.1) is 0 Å². The van der Waals surface area contributed by atoms with Gasteiger partial charge in [0.25, 0.3) is 5.79 Å². The molecular weight excluding hydrogens is 561 g/mol. The highest BCUT2D eigenvalue weighted by molar-refractivity contribution is 6.30. The first-order valence-corrected chi connectivity index (χ1v) is 14.7. The lowest BCUT2D eigenvalue weighted by Crippen LogP contribution is -2.34. The largest absolute Gasteiger partial charge is 0.463 e. The molecule has 1 saturated heterocycles. The number of hydrogen-bond donors (Lipinski definition) is 0. The number of imidazole rings is 1. The third kappa shape index (κ3) is 6.48. The van der Waals surface area contributed by atoms with Crippen LogP contribution in [0.25, 0.3) is 6.08 Å². The average Bonchev–Trinajstić information content (AvgIpc) is 3.52. The fourth-order valence-corrected chi connectivity index (χ4v) is 5.77. The summed E-state index contributed by atoms with van der Waals surface area (Å²) in [7, 11) is 1.68. The molecule has 1 fully saturated rings. The standard InChI is InChI=1S/C32H37ClFN3O5/c1-5-40-30(38)12-10-24-18-35-29(37(24)19-21(2)39-4)20-36-15-13-22(14-16-36)25-7-6-8-28-31(25)42-32(3,41-28)26-11-9-23(33)17-27(26)34/h6-12,17-18,21-22H,5,13-16,19-20H2,1-4H3/b12-10+/t21?,32-/m0/s1. The van der Waals surface area contributed by atoms with Crippen molar-refractivity contribution >= 4 is 23.6 Å². The van der Waals surface area contributed by atoms with Crippen LogP contribution in [0.15, 0.2) is 48.7 Å². The van der Waals surface area contributed by atoms with E-state index in [9.17, 15) is 9.18 Å². The van der Waals surface area contributed by atoms with Crippen LogP contribution in [0.3, 0.4) is 0 Å². The first kappa shape index (κ1) is 30.1. The lowest BCUT2D eigenvalue weighted by Gasteiger charge is -2.32. The van der Waals surface area contributed by atoms with Crippen LogP contribution in [-0.2, 0) is 33.1 Å². The number of nitrogens with zero attached hydrogens (tertiary/aromatic N) is 3. The number of esters is 1. The minimum atomic E-state index is -1.27. The van der Waals surface area contributed by atoms with Gasteiger partial charge in [0.15, 0.2) is 11.5 Å². The molecule has 1 aromatic heterocycles. The number of para-hydroxylation sites is 1. The molecule has 224 valence electrons. The molecule has 0 radical (unpaired) electrons. The summed E-state index contributed by atoms with van der Waals surface area (Å²) in [6, 6.07) is 10.4. The molecule has 2 aliphatic heterocycles. The number of fused-ring (bicyclic) bond motifs is 1. The van der Waals surface area contributed by atoms with Crippen molar-refractivity contribution in [3.8, 4) is 11.5 Å². The second-order valence-corrected chi connectivity index (χ2v) is 11.3. The number of rotatable bonds is 10. The van der Waals surface area contributed by atoms with E-state index >= 15 is 0 Å². The number of methoxy groups -OCH3 is 1. The Bertz CT molecular complexity index is 1450. The van der Waals surface area contributed by atoms with Crippen molar-refractivity contribution in [2.45, 2.75) is 64.5 Å². The molecule has 3 aromatic rings. The molecule has 0 spiro atoms.